The van der Waals surface area contributed by atoms with Crippen LogP contribution in [0.2, 0.25) is 0 Å². The second kappa shape index (κ2) is 6.92. The first-order chi connectivity index (χ1) is 13.0. The van der Waals surface area contributed by atoms with Gasteiger partial charge in [0.25, 0.3) is 11.5 Å². The lowest BCUT2D eigenvalue weighted by molar-refractivity contribution is 0.0171. The van der Waals surface area contributed by atoms with E-state index in [9.17, 15) is 22.4 Å². The highest BCUT2D eigenvalue weighted by Gasteiger charge is 2.27. The van der Waals surface area contributed by atoms with Gasteiger partial charge in [-0.25, -0.2) is 22.2 Å². The number of fused-ring (bicyclic) bond motifs is 1. The molecule has 0 radical (unpaired) electrons. The van der Waals surface area contributed by atoms with Crippen LogP contribution in [0.5, 0.6) is 0 Å². The summed E-state index contributed by atoms with van der Waals surface area (Å²) in [4.78, 5) is 20.8. The first kappa shape index (κ1) is 19.8. The van der Waals surface area contributed by atoms with E-state index in [4.69, 9.17) is 0 Å². The van der Waals surface area contributed by atoms with Crippen LogP contribution in [-0.4, -0.2) is 33.8 Å². The summed E-state index contributed by atoms with van der Waals surface area (Å²) in [5.41, 5.74) is -1.01. The van der Waals surface area contributed by atoms with Gasteiger partial charge in [-0.15, -0.1) is 0 Å². The van der Waals surface area contributed by atoms with Crippen molar-refractivity contribution < 1.29 is 17.6 Å². The van der Waals surface area contributed by atoms with Gasteiger partial charge in [0.1, 0.15) is 23.6 Å². The highest BCUT2D eigenvalue weighted by molar-refractivity contribution is 5.78. The minimum atomic E-state index is -3.18. The molecule has 3 rings (SSSR count). The first-order valence-electron chi connectivity index (χ1n) is 8.47. The number of rotatable bonds is 5. The number of halogens is 4. The topological polar surface area (TPSA) is 66.8 Å². The molecule has 0 aliphatic heterocycles. The lowest BCUT2D eigenvalue weighted by Gasteiger charge is -2.17. The number of anilines is 1. The number of aromatic nitrogens is 4. The van der Waals surface area contributed by atoms with Crippen molar-refractivity contribution in [3.63, 3.8) is 0 Å². The Kier molecular flexibility index (Phi) is 4.90. The molecule has 1 N–H and O–H groups in total. The Hall–Kier alpha value is -2.91. The van der Waals surface area contributed by atoms with Crippen LogP contribution in [0.4, 0.5) is 23.5 Å². The summed E-state index contributed by atoms with van der Waals surface area (Å²) in [5.74, 6) is -3.81. The molecule has 0 aliphatic rings. The Balaban J connectivity index is 2.19. The van der Waals surface area contributed by atoms with Gasteiger partial charge in [0.2, 0.25) is 5.95 Å². The van der Waals surface area contributed by atoms with E-state index < -0.39 is 35.6 Å². The predicted octanol–water partition coefficient (Wildman–Crippen LogP) is 3.52. The third kappa shape index (κ3) is 3.34. The fourth-order valence-electron chi connectivity index (χ4n) is 2.95. The molecule has 6 nitrogen and oxygen atoms in total. The summed E-state index contributed by atoms with van der Waals surface area (Å²) in [6, 6.07) is 2.31. The van der Waals surface area contributed by atoms with Crippen molar-refractivity contribution in [2.75, 3.05) is 19.0 Å². The molecular weight excluding hydrogens is 378 g/mol. The van der Waals surface area contributed by atoms with Crippen LogP contribution in [0.25, 0.3) is 11.0 Å². The van der Waals surface area contributed by atoms with E-state index in [2.05, 4.69) is 15.1 Å². The molecule has 150 valence electrons. The van der Waals surface area contributed by atoms with Gasteiger partial charge in [0.15, 0.2) is 5.65 Å². The zero-order chi connectivity index (χ0) is 20.8. The number of nitrogens with one attached hydrogen (secondary N) is 1. The molecule has 0 fully saturated rings. The second-order valence-corrected chi connectivity index (χ2v) is 6.81. The molecule has 2 aromatic heterocycles. The largest absolute Gasteiger partial charge is 0.348 e. The molecule has 2 heterocycles. The molecular formula is C18H19F4N5O. The van der Waals surface area contributed by atoms with Gasteiger partial charge in [0.05, 0.1) is 6.04 Å². The minimum Gasteiger partial charge on any atom is -0.348 e. The Bertz CT molecular complexity index is 1080. The molecule has 0 saturated carbocycles. The maximum Gasteiger partial charge on any atom is 0.270 e. The van der Waals surface area contributed by atoms with Crippen LogP contribution in [0, 0.1) is 5.82 Å². The highest BCUT2D eigenvalue weighted by Crippen LogP contribution is 2.31. The molecule has 0 amide bonds. The monoisotopic (exact) mass is 397 g/mol. The molecule has 0 spiro atoms. The van der Waals surface area contributed by atoms with Crippen molar-refractivity contribution in [2.45, 2.75) is 32.5 Å². The summed E-state index contributed by atoms with van der Waals surface area (Å²) in [6.07, 6.45) is 0. The Morgan fingerprint density at radius 1 is 1.32 bits per heavy atom. The summed E-state index contributed by atoms with van der Waals surface area (Å²) >= 11 is 0. The van der Waals surface area contributed by atoms with Crippen molar-refractivity contribution >= 4 is 17.0 Å². The van der Waals surface area contributed by atoms with Crippen LogP contribution in [-0.2, 0) is 12.6 Å². The molecule has 10 heteroatoms. The zero-order valence-electron chi connectivity index (χ0n) is 15.7. The zero-order valence-corrected chi connectivity index (χ0v) is 15.7. The van der Waals surface area contributed by atoms with Crippen LogP contribution in [0.3, 0.4) is 0 Å². The average molecular weight is 397 g/mol. The lowest BCUT2D eigenvalue weighted by atomic mass is 10.0. The van der Waals surface area contributed by atoms with Gasteiger partial charge in [-0.1, -0.05) is 12.1 Å². The van der Waals surface area contributed by atoms with E-state index in [1.807, 2.05) is 0 Å². The third-order valence-corrected chi connectivity index (χ3v) is 4.50. The Morgan fingerprint density at radius 2 is 2.00 bits per heavy atom. The van der Waals surface area contributed by atoms with Gasteiger partial charge in [-0.2, -0.15) is 10.1 Å². The maximum atomic E-state index is 14.5. The van der Waals surface area contributed by atoms with Crippen molar-refractivity contribution in [1.82, 2.24) is 19.7 Å². The Labute approximate surface area is 157 Å². The lowest BCUT2D eigenvalue weighted by Crippen LogP contribution is -2.20. The minimum absolute atomic E-state index is 0.0305. The molecule has 1 atom stereocenters. The molecule has 0 aliphatic carbocycles. The number of hydrogen-bond acceptors (Lipinski definition) is 4. The molecule has 1 aromatic carbocycles. The van der Waals surface area contributed by atoms with Gasteiger partial charge in [0, 0.05) is 32.1 Å². The Morgan fingerprint density at radius 3 is 2.54 bits per heavy atom. The average Bonchev–Trinajstić information content (AvgIpc) is 2.99. The molecule has 0 unspecified atom stereocenters. The van der Waals surface area contributed by atoms with Crippen LogP contribution >= 0.6 is 0 Å². The molecule has 28 heavy (non-hydrogen) atoms. The third-order valence-electron chi connectivity index (χ3n) is 4.50. The van der Waals surface area contributed by atoms with E-state index in [0.717, 1.165) is 12.1 Å². The van der Waals surface area contributed by atoms with E-state index in [1.54, 1.807) is 25.9 Å². The van der Waals surface area contributed by atoms with Crippen molar-refractivity contribution in [3.8, 4) is 0 Å². The first-order valence-corrected chi connectivity index (χ1v) is 8.47. The van der Waals surface area contributed by atoms with Crippen LogP contribution in [0.1, 0.15) is 36.7 Å². The van der Waals surface area contributed by atoms with Gasteiger partial charge in [-0.3, -0.25) is 9.78 Å². The fraction of sp³-hybridized carbons (Fsp3) is 0.389. The molecule has 0 bridgehead atoms. The smallest absolute Gasteiger partial charge is 0.270 e. The van der Waals surface area contributed by atoms with Crippen molar-refractivity contribution in [3.05, 3.63) is 51.2 Å². The van der Waals surface area contributed by atoms with Gasteiger partial charge < -0.3 is 4.90 Å². The summed E-state index contributed by atoms with van der Waals surface area (Å²) < 4.78 is 56.1. The van der Waals surface area contributed by atoms with Crippen LogP contribution < -0.4 is 10.5 Å². The number of H-pyrrole nitrogens is 1. The van der Waals surface area contributed by atoms with Gasteiger partial charge in [-0.05, 0) is 13.0 Å². The fourth-order valence-corrected chi connectivity index (χ4v) is 2.95. The number of alkyl halides is 3. The van der Waals surface area contributed by atoms with Crippen molar-refractivity contribution in [1.29, 1.82) is 0 Å². The van der Waals surface area contributed by atoms with Crippen LogP contribution in [0.15, 0.2) is 23.0 Å². The quantitative estimate of drug-likeness (QED) is 0.669. The summed E-state index contributed by atoms with van der Waals surface area (Å²) in [5, 5.41) is 4.05. The number of hydrogen-bond donors (Lipinski definition) is 1. The second-order valence-electron chi connectivity index (χ2n) is 6.81. The van der Waals surface area contributed by atoms with E-state index in [1.165, 1.54) is 10.7 Å². The number of benzene rings is 1. The molecule has 0 saturated heterocycles. The van der Waals surface area contributed by atoms with E-state index in [-0.39, 0.29) is 28.2 Å². The summed E-state index contributed by atoms with van der Waals surface area (Å²) in [6.45, 7) is 1.24. The molecule has 3 aromatic rings. The SMILES string of the molecule is C[C@H](c1ccc(C(C)(F)F)cc1F)n1nc(CF)c2c(=O)[nH]c(N(C)C)nc21. The number of nitrogens with zero attached hydrogens (tertiary/aromatic N) is 4. The number of aromatic amines is 1. The van der Waals surface area contributed by atoms with E-state index in [0.29, 0.717) is 6.92 Å². The highest BCUT2D eigenvalue weighted by atomic mass is 19.3. The predicted molar refractivity (Wildman–Crippen MR) is 97.1 cm³/mol. The summed E-state index contributed by atoms with van der Waals surface area (Å²) in [7, 11) is 3.32. The standard InChI is InChI=1S/C18H19F4N5O/c1-9(11-6-5-10(7-12(11)20)18(2,21)22)27-15-14(13(8-19)25-27)16(28)24-17(23-15)26(3)4/h5-7,9H,8H2,1-4H3,(H,23,24,28)/t9-/m1/s1. The maximum absolute atomic E-state index is 14.5. The van der Waals surface area contributed by atoms with Crippen molar-refractivity contribution in [2.24, 2.45) is 0 Å². The van der Waals surface area contributed by atoms with Gasteiger partial charge >= 0.3 is 0 Å². The van der Waals surface area contributed by atoms with E-state index >= 15 is 0 Å². The normalized spacial score (nSPS) is 13.1.